The molecule has 1 heterocycles. The summed E-state index contributed by atoms with van der Waals surface area (Å²) < 4.78 is 15.6. The first-order valence-electron chi connectivity index (χ1n) is 3.86. The van der Waals surface area contributed by atoms with Crippen LogP contribution in [-0.2, 0) is 14.2 Å². The first-order chi connectivity index (χ1) is 5.81. The Kier molecular flexibility index (Phi) is 3.48. The highest BCUT2D eigenvalue weighted by atomic mass is 16.7. The van der Waals surface area contributed by atoms with Gasteiger partial charge in [-0.25, -0.2) is 6.57 Å². The number of nitrogens with zero attached hydrogens (tertiary/aromatic N) is 1. The van der Waals surface area contributed by atoms with Crippen LogP contribution in [0.5, 0.6) is 0 Å². The maximum Gasteiger partial charge on any atom is 0.243 e. The van der Waals surface area contributed by atoms with Crippen molar-refractivity contribution in [3.8, 4) is 0 Å². The van der Waals surface area contributed by atoms with Gasteiger partial charge in [-0.15, -0.1) is 0 Å². The van der Waals surface area contributed by atoms with Crippen molar-refractivity contribution < 1.29 is 14.2 Å². The average Bonchev–Trinajstić information content (AvgIpc) is 2.48. The van der Waals surface area contributed by atoms with E-state index in [1.165, 1.54) is 0 Å². The van der Waals surface area contributed by atoms with E-state index in [9.17, 15) is 0 Å². The van der Waals surface area contributed by atoms with Crippen molar-refractivity contribution in [2.24, 2.45) is 0 Å². The zero-order chi connectivity index (χ0) is 8.97. The van der Waals surface area contributed by atoms with Crippen molar-refractivity contribution in [3.05, 3.63) is 11.4 Å². The minimum absolute atomic E-state index is 0.00375. The van der Waals surface area contributed by atoms with E-state index in [-0.39, 0.29) is 18.5 Å². The van der Waals surface area contributed by atoms with Gasteiger partial charge in [0.2, 0.25) is 6.54 Å². The molecule has 2 unspecified atom stereocenters. The molecule has 0 amide bonds. The molecule has 0 aromatic carbocycles. The fourth-order valence-electron chi connectivity index (χ4n) is 1.33. The largest absolute Gasteiger partial charge is 0.378 e. The highest BCUT2D eigenvalue weighted by molar-refractivity contribution is 4.84. The molecule has 68 valence electrons. The summed E-state index contributed by atoms with van der Waals surface area (Å²) in [5, 5.41) is 0. The molecule has 1 aliphatic heterocycles. The van der Waals surface area contributed by atoms with Crippen LogP contribution in [0.15, 0.2) is 0 Å². The summed E-state index contributed by atoms with van der Waals surface area (Å²) in [7, 11) is 3.22. The number of hydrogen-bond acceptors (Lipinski definition) is 3. The minimum Gasteiger partial charge on any atom is -0.378 e. The number of methoxy groups -OCH3 is 2. The molecule has 4 heteroatoms. The smallest absolute Gasteiger partial charge is 0.243 e. The summed E-state index contributed by atoms with van der Waals surface area (Å²) in [6.45, 7) is 7.05. The molecule has 0 N–H and O–H groups in total. The Bertz CT molecular complexity index is 178. The van der Waals surface area contributed by atoms with Gasteiger partial charge in [0.1, 0.15) is 0 Å². The van der Waals surface area contributed by atoms with Crippen LogP contribution in [0.3, 0.4) is 0 Å². The van der Waals surface area contributed by atoms with Gasteiger partial charge in [0.05, 0.1) is 6.10 Å². The molecule has 4 nitrogen and oxygen atoms in total. The average molecular weight is 171 g/mol. The van der Waals surface area contributed by atoms with Gasteiger partial charge in [0.25, 0.3) is 0 Å². The highest BCUT2D eigenvalue weighted by Gasteiger charge is 2.37. The molecule has 0 spiro atoms. The van der Waals surface area contributed by atoms with Crippen LogP contribution in [0, 0.1) is 6.57 Å². The van der Waals surface area contributed by atoms with E-state index in [4.69, 9.17) is 20.8 Å². The predicted octanol–water partition coefficient (Wildman–Crippen LogP) is 0.682. The van der Waals surface area contributed by atoms with Crippen molar-refractivity contribution in [1.82, 2.24) is 0 Å². The lowest BCUT2D eigenvalue weighted by atomic mass is 10.2. The van der Waals surface area contributed by atoms with Crippen LogP contribution < -0.4 is 0 Å². The molecular formula is C8H13NO3. The van der Waals surface area contributed by atoms with E-state index < -0.39 is 0 Å². The topological polar surface area (TPSA) is 32.0 Å². The van der Waals surface area contributed by atoms with Crippen molar-refractivity contribution >= 4 is 0 Å². The summed E-state index contributed by atoms with van der Waals surface area (Å²) in [4.78, 5) is 3.27. The summed E-state index contributed by atoms with van der Waals surface area (Å²) >= 11 is 0. The molecule has 0 radical (unpaired) electrons. The number of ether oxygens (including phenoxy) is 3. The summed E-state index contributed by atoms with van der Waals surface area (Å²) in [5.41, 5.74) is 0. The molecule has 0 aromatic rings. The number of hydrogen-bond donors (Lipinski definition) is 0. The Morgan fingerprint density at radius 3 is 2.75 bits per heavy atom. The molecule has 1 aliphatic rings. The van der Waals surface area contributed by atoms with Crippen LogP contribution in [0.4, 0.5) is 0 Å². The van der Waals surface area contributed by atoms with Crippen LogP contribution in [0.1, 0.15) is 6.42 Å². The van der Waals surface area contributed by atoms with Crippen LogP contribution in [-0.4, -0.2) is 39.3 Å². The summed E-state index contributed by atoms with van der Waals surface area (Å²) in [6, 6.07) is 0. The normalized spacial score (nSPS) is 34.9. The van der Waals surface area contributed by atoms with E-state index in [0.717, 1.165) is 0 Å². The molecule has 0 aliphatic carbocycles. The molecule has 1 fully saturated rings. The Balaban J connectivity index is 2.45. The number of rotatable bonds is 3. The van der Waals surface area contributed by atoms with Gasteiger partial charge in [0.15, 0.2) is 12.4 Å². The van der Waals surface area contributed by atoms with Gasteiger partial charge in [-0.1, -0.05) is 0 Å². The molecule has 1 saturated heterocycles. The second kappa shape index (κ2) is 4.41. The SMILES string of the molecule is [C-]#[N+]C[C@H]1OC(OC)CC1OC. The second-order valence-corrected chi connectivity index (χ2v) is 2.69. The minimum atomic E-state index is -0.207. The molecular weight excluding hydrogens is 158 g/mol. The van der Waals surface area contributed by atoms with Crippen LogP contribution >= 0.6 is 0 Å². The molecule has 12 heavy (non-hydrogen) atoms. The van der Waals surface area contributed by atoms with Gasteiger partial charge in [0, 0.05) is 20.6 Å². The van der Waals surface area contributed by atoms with E-state index in [0.29, 0.717) is 13.0 Å². The lowest BCUT2D eigenvalue weighted by Crippen LogP contribution is -2.25. The van der Waals surface area contributed by atoms with Crippen LogP contribution in [0.25, 0.3) is 4.85 Å². The van der Waals surface area contributed by atoms with Gasteiger partial charge in [-0.05, 0) is 0 Å². The van der Waals surface area contributed by atoms with Crippen LogP contribution in [0.2, 0.25) is 0 Å². The standard InChI is InChI=1S/C8H13NO3/c1-9-5-7-6(10-2)4-8(11-3)12-7/h6-8H,4-5H2,2-3H3/t6?,7-,8?/m1/s1. The fraction of sp³-hybridized carbons (Fsp3) is 0.875. The second-order valence-electron chi connectivity index (χ2n) is 2.69. The van der Waals surface area contributed by atoms with E-state index in [2.05, 4.69) is 4.85 Å². The maximum atomic E-state index is 6.70. The predicted molar refractivity (Wildman–Crippen MR) is 42.6 cm³/mol. The van der Waals surface area contributed by atoms with Crippen molar-refractivity contribution in [1.29, 1.82) is 0 Å². The highest BCUT2D eigenvalue weighted by Crippen LogP contribution is 2.23. The lowest BCUT2D eigenvalue weighted by Gasteiger charge is -2.10. The first-order valence-corrected chi connectivity index (χ1v) is 3.86. The third-order valence-electron chi connectivity index (χ3n) is 2.00. The van der Waals surface area contributed by atoms with Gasteiger partial charge in [-0.2, -0.15) is 0 Å². The lowest BCUT2D eigenvalue weighted by molar-refractivity contribution is -0.113. The van der Waals surface area contributed by atoms with Crippen molar-refractivity contribution in [2.75, 3.05) is 20.8 Å². The fourth-order valence-corrected chi connectivity index (χ4v) is 1.33. The maximum absolute atomic E-state index is 6.70. The Labute approximate surface area is 72.2 Å². The third kappa shape index (κ3) is 1.95. The zero-order valence-electron chi connectivity index (χ0n) is 7.32. The zero-order valence-corrected chi connectivity index (χ0v) is 7.32. The van der Waals surface area contributed by atoms with E-state index in [1.54, 1.807) is 14.2 Å². The van der Waals surface area contributed by atoms with E-state index >= 15 is 0 Å². The van der Waals surface area contributed by atoms with Gasteiger partial charge in [-0.3, -0.25) is 0 Å². The summed E-state index contributed by atoms with van der Waals surface area (Å²) in [5.74, 6) is 0. The Hall–Kier alpha value is -0.630. The monoisotopic (exact) mass is 171 g/mol. The van der Waals surface area contributed by atoms with Crippen molar-refractivity contribution in [2.45, 2.75) is 24.9 Å². The Morgan fingerprint density at radius 2 is 2.25 bits per heavy atom. The molecule has 0 aromatic heterocycles. The first kappa shape index (κ1) is 9.46. The molecule has 0 saturated carbocycles. The summed E-state index contributed by atoms with van der Waals surface area (Å²) in [6.07, 6.45) is 0.385. The molecule has 1 rings (SSSR count). The quantitative estimate of drug-likeness (QED) is 0.585. The van der Waals surface area contributed by atoms with E-state index in [1.807, 2.05) is 0 Å². The van der Waals surface area contributed by atoms with Gasteiger partial charge >= 0.3 is 0 Å². The van der Waals surface area contributed by atoms with Crippen molar-refractivity contribution in [3.63, 3.8) is 0 Å². The Morgan fingerprint density at radius 1 is 1.50 bits per heavy atom. The molecule has 3 atom stereocenters. The molecule has 0 bridgehead atoms. The third-order valence-corrected chi connectivity index (χ3v) is 2.00. The van der Waals surface area contributed by atoms with Gasteiger partial charge < -0.3 is 19.1 Å².